The van der Waals surface area contributed by atoms with Crippen LogP contribution in [0.4, 0.5) is 5.82 Å². The zero-order chi connectivity index (χ0) is 21.8. The molecule has 164 valence electrons. The van der Waals surface area contributed by atoms with Crippen LogP contribution < -0.4 is 9.64 Å². The van der Waals surface area contributed by atoms with E-state index in [0.717, 1.165) is 49.8 Å². The summed E-state index contributed by atoms with van der Waals surface area (Å²) in [5.74, 6) is 0.574. The molecule has 0 radical (unpaired) electrons. The Balaban J connectivity index is 1.71. The van der Waals surface area contributed by atoms with Crippen LogP contribution in [0.3, 0.4) is 0 Å². The number of fused-ring (bicyclic) bond motifs is 1. The fourth-order valence-corrected chi connectivity index (χ4v) is 3.94. The molecule has 6 nitrogen and oxygen atoms in total. The maximum absolute atomic E-state index is 5.93. The number of benzene rings is 2. The Labute approximate surface area is 184 Å². The van der Waals surface area contributed by atoms with E-state index in [1.54, 1.807) is 21.1 Å². The summed E-state index contributed by atoms with van der Waals surface area (Å²) in [6, 6.07) is 18.5. The maximum Gasteiger partial charge on any atom is 0.323 e. The lowest BCUT2D eigenvalue weighted by molar-refractivity contribution is -0.309. The fourth-order valence-electron chi connectivity index (χ4n) is 3.94. The summed E-state index contributed by atoms with van der Waals surface area (Å²) >= 11 is 0. The van der Waals surface area contributed by atoms with Gasteiger partial charge in [-0.15, -0.1) is 0 Å². The number of pyridine rings is 1. The number of rotatable bonds is 7. The van der Waals surface area contributed by atoms with Crippen LogP contribution in [0.5, 0.6) is 5.75 Å². The van der Waals surface area contributed by atoms with Gasteiger partial charge in [0.05, 0.1) is 5.69 Å². The lowest BCUT2D eigenvalue weighted by Gasteiger charge is -2.35. The van der Waals surface area contributed by atoms with E-state index in [0.29, 0.717) is 5.75 Å². The van der Waals surface area contributed by atoms with Gasteiger partial charge >= 0.3 is 5.97 Å². The Morgan fingerprint density at radius 2 is 1.68 bits per heavy atom. The fraction of sp³-hybridized carbons (Fsp3) is 0.400. The van der Waals surface area contributed by atoms with Crippen molar-refractivity contribution in [2.24, 2.45) is 0 Å². The van der Waals surface area contributed by atoms with Crippen molar-refractivity contribution in [1.29, 1.82) is 0 Å². The highest BCUT2D eigenvalue weighted by Crippen LogP contribution is 2.32. The molecule has 0 bridgehead atoms. The quantitative estimate of drug-likeness (QED) is 0.528. The lowest BCUT2D eigenvalue weighted by atomic mass is 10.1. The van der Waals surface area contributed by atoms with E-state index in [9.17, 15) is 0 Å². The van der Waals surface area contributed by atoms with Crippen molar-refractivity contribution in [2.75, 3.05) is 51.8 Å². The predicted molar refractivity (Wildman–Crippen MR) is 125 cm³/mol. The zero-order valence-corrected chi connectivity index (χ0v) is 18.8. The largest absolute Gasteiger partial charge is 0.439 e. The smallest absolute Gasteiger partial charge is 0.323 e. The monoisotopic (exact) mass is 421 g/mol. The molecule has 0 aliphatic carbocycles. The highest BCUT2D eigenvalue weighted by Gasteiger charge is 2.25. The van der Waals surface area contributed by atoms with Crippen LogP contribution in [-0.2, 0) is 9.47 Å². The van der Waals surface area contributed by atoms with E-state index in [2.05, 4.69) is 53.1 Å². The van der Waals surface area contributed by atoms with Crippen molar-refractivity contribution in [2.45, 2.75) is 19.8 Å². The van der Waals surface area contributed by atoms with Crippen molar-refractivity contribution >= 4 is 16.6 Å². The SMILES string of the molecule is CCN1CCN(c2nc(-c3cccc(OC(C)(OC)OC)c3)cc3ccccc23)CC1. The van der Waals surface area contributed by atoms with Gasteiger partial charge in [0, 0.05) is 58.3 Å². The van der Waals surface area contributed by atoms with Gasteiger partial charge in [0.1, 0.15) is 11.6 Å². The summed E-state index contributed by atoms with van der Waals surface area (Å²) in [6.45, 7) is 9.14. The second-order valence-corrected chi connectivity index (χ2v) is 7.87. The third-order valence-electron chi connectivity index (χ3n) is 6.01. The molecule has 1 aliphatic rings. The number of ether oxygens (including phenoxy) is 3. The molecule has 2 aromatic carbocycles. The standard InChI is InChI=1S/C25H31N3O3/c1-5-27-13-15-28(16-14-27)24-22-12-7-6-9-19(22)18-23(26-24)20-10-8-11-21(17-20)31-25(2,29-3)30-4/h6-12,17-18H,5,13-16H2,1-4H3. The van der Waals surface area contributed by atoms with Crippen molar-refractivity contribution in [1.82, 2.24) is 9.88 Å². The van der Waals surface area contributed by atoms with Gasteiger partial charge in [0.25, 0.3) is 0 Å². The number of piperazine rings is 1. The molecule has 6 heteroatoms. The number of methoxy groups -OCH3 is 2. The third kappa shape index (κ3) is 4.66. The first-order chi connectivity index (χ1) is 15.0. The highest BCUT2D eigenvalue weighted by atomic mass is 16.9. The summed E-state index contributed by atoms with van der Waals surface area (Å²) < 4.78 is 16.6. The summed E-state index contributed by atoms with van der Waals surface area (Å²) in [4.78, 5) is 10.00. The van der Waals surface area contributed by atoms with Gasteiger partial charge < -0.3 is 24.0 Å². The van der Waals surface area contributed by atoms with E-state index in [1.165, 1.54) is 10.8 Å². The van der Waals surface area contributed by atoms with E-state index in [-0.39, 0.29) is 0 Å². The molecule has 0 unspecified atom stereocenters. The molecule has 31 heavy (non-hydrogen) atoms. The highest BCUT2D eigenvalue weighted by molar-refractivity contribution is 5.95. The molecular weight excluding hydrogens is 390 g/mol. The molecule has 0 atom stereocenters. The first-order valence-electron chi connectivity index (χ1n) is 10.8. The molecule has 1 aliphatic heterocycles. The minimum absolute atomic E-state index is 0.664. The normalized spacial score (nSPS) is 15.4. The number of nitrogens with zero attached hydrogens (tertiary/aromatic N) is 3. The molecule has 2 heterocycles. The van der Waals surface area contributed by atoms with Gasteiger partial charge in [-0.2, -0.15) is 0 Å². The molecular formula is C25H31N3O3. The van der Waals surface area contributed by atoms with Gasteiger partial charge in [0.2, 0.25) is 0 Å². The van der Waals surface area contributed by atoms with Crippen LogP contribution in [0.2, 0.25) is 0 Å². The number of anilines is 1. The average molecular weight is 422 g/mol. The number of aromatic nitrogens is 1. The third-order valence-corrected chi connectivity index (χ3v) is 6.01. The maximum atomic E-state index is 5.93. The van der Waals surface area contributed by atoms with E-state index in [4.69, 9.17) is 19.2 Å². The van der Waals surface area contributed by atoms with Crippen LogP contribution in [0.1, 0.15) is 13.8 Å². The van der Waals surface area contributed by atoms with Gasteiger partial charge in [0.15, 0.2) is 0 Å². The van der Waals surface area contributed by atoms with Gasteiger partial charge in [-0.1, -0.05) is 43.3 Å². The number of likely N-dealkylation sites (N-methyl/N-ethyl adjacent to an activating group) is 1. The second kappa shape index (κ2) is 9.22. The van der Waals surface area contributed by atoms with Gasteiger partial charge in [-0.3, -0.25) is 0 Å². The van der Waals surface area contributed by atoms with Crippen LogP contribution in [0.25, 0.3) is 22.0 Å². The van der Waals surface area contributed by atoms with Gasteiger partial charge in [-0.05, 0) is 30.1 Å². The average Bonchev–Trinajstić information content (AvgIpc) is 2.83. The minimum atomic E-state index is -1.14. The molecule has 4 rings (SSSR count). The Morgan fingerprint density at radius 3 is 2.39 bits per heavy atom. The first kappa shape index (κ1) is 21.6. The van der Waals surface area contributed by atoms with E-state index < -0.39 is 5.97 Å². The van der Waals surface area contributed by atoms with Crippen LogP contribution >= 0.6 is 0 Å². The van der Waals surface area contributed by atoms with Gasteiger partial charge in [-0.25, -0.2) is 4.98 Å². The Morgan fingerprint density at radius 1 is 0.935 bits per heavy atom. The zero-order valence-electron chi connectivity index (χ0n) is 18.8. The van der Waals surface area contributed by atoms with E-state index in [1.807, 2.05) is 18.2 Å². The van der Waals surface area contributed by atoms with Crippen molar-refractivity contribution in [3.8, 4) is 17.0 Å². The molecule has 0 spiro atoms. The van der Waals surface area contributed by atoms with Crippen LogP contribution in [0.15, 0.2) is 54.6 Å². The molecule has 0 amide bonds. The van der Waals surface area contributed by atoms with Crippen molar-refractivity contribution in [3.05, 3.63) is 54.6 Å². The van der Waals surface area contributed by atoms with Crippen LogP contribution in [0, 0.1) is 0 Å². The minimum Gasteiger partial charge on any atom is -0.439 e. The molecule has 1 aromatic heterocycles. The predicted octanol–water partition coefficient (Wildman–Crippen LogP) is 4.39. The lowest BCUT2D eigenvalue weighted by Crippen LogP contribution is -2.46. The molecule has 0 saturated carbocycles. The summed E-state index contributed by atoms with van der Waals surface area (Å²) in [7, 11) is 3.12. The topological polar surface area (TPSA) is 47.1 Å². The van der Waals surface area contributed by atoms with Crippen LogP contribution in [-0.4, -0.2) is 62.8 Å². The first-order valence-corrected chi connectivity index (χ1v) is 10.8. The molecule has 3 aromatic rings. The molecule has 1 fully saturated rings. The number of hydrogen-bond acceptors (Lipinski definition) is 6. The van der Waals surface area contributed by atoms with Crippen molar-refractivity contribution in [3.63, 3.8) is 0 Å². The number of hydrogen-bond donors (Lipinski definition) is 0. The second-order valence-electron chi connectivity index (χ2n) is 7.87. The summed E-state index contributed by atoms with van der Waals surface area (Å²) in [6.07, 6.45) is 0. The summed E-state index contributed by atoms with van der Waals surface area (Å²) in [5, 5.41) is 2.38. The summed E-state index contributed by atoms with van der Waals surface area (Å²) in [5.41, 5.74) is 1.92. The molecule has 0 N–H and O–H groups in total. The Bertz CT molecular complexity index is 1030. The van der Waals surface area contributed by atoms with Crippen molar-refractivity contribution < 1.29 is 14.2 Å². The Hall–Kier alpha value is -2.67. The van der Waals surface area contributed by atoms with E-state index >= 15 is 0 Å². The Kier molecular flexibility index (Phi) is 6.41. The molecule has 1 saturated heterocycles.